The fraction of sp³-hybridized carbons (Fsp3) is 0.581. The maximum atomic E-state index is 14.1. The number of rotatable bonds is 9. The molecule has 1 aromatic carbocycles. The van der Waals surface area contributed by atoms with Gasteiger partial charge in [-0.3, -0.25) is 19.4 Å². The van der Waals surface area contributed by atoms with E-state index in [0.29, 0.717) is 21.3 Å². The summed E-state index contributed by atoms with van der Waals surface area (Å²) in [5.41, 5.74) is -0.324. The quantitative estimate of drug-likeness (QED) is 0.402. The van der Waals surface area contributed by atoms with Crippen molar-refractivity contribution in [3.05, 3.63) is 40.6 Å². The molecule has 0 bridgehead atoms. The summed E-state index contributed by atoms with van der Waals surface area (Å²) in [5, 5.41) is 16.2. The van der Waals surface area contributed by atoms with E-state index < -0.39 is 53.7 Å². The highest BCUT2D eigenvalue weighted by molar-refractivity contribution is 9.10. The maximum Gasteiger partial charge on any atom is 0.471 e. The molecule has 2 heterocycles. The first-order valence-corrected chi connectivity index (χ1v) is 15.6. The summed E-state index contributed by atoms with van der Waals surface area (Å²) < 4.78 is 47.1. The number of nitrogens with zero attached hydrogens (tertiary/aromatic N) is 3. The lowest BCUT2D eigenvalue weighted by molar-refractivity contribution is -0.177. The lowest BCUT2D eigenvalue weighted by Crippen LogP contribution is -2.60. The normalized spacial score (nSPS) is 26.6. The van der Waals surface area contributed by atoms with Crippen LogP contribution >= 0.6 is 15.9 Å². The van der Waals surface area contributed by atoms with E-state index >= 15 is 0 Å². The molecule has 6 rings (SSSR count). The monoisotopic (exact) mass is 675 g/mol. The predicted octanol–water partition coefficient (Wildman–Crippen LogP) is 4.56. The van der Waals surface area contributed by atoms with Gasteiger partial charge in [-0.25, -0.2) is 0 Å². The molecule has 9 nitrogen and oxygen atoms in total. The number of pyridine rings is 1. The molecule has 4 fully saturated rings. The van der Waals surface area contributed by atoms with E-state index in [9.17, 15) is 32.8 Å². The number of carbonyl (C=O) groups excluding carboxylic acids is 3. The average Bonchev–Trinajstić information content (AvgIpc) is 3.91. The van der Waals surface area contributed by atoms with Crippen LogP contribution < -0.4 is 10.6 Å². The molecule has 13 heteroatoms. The Morgan fingerprint density at radius 2 is 1.89 bits per heavy atom. The topological polar surface area (TPSA) is 124 Å². The van der Waals surface area contributed by atoms with E-state index in [-0.39, 0.29) is 23.8 Å². The van der Waals surface area contributed by atoms with Crippen LogP contribution in [0.2, 0.25) is 0 Å². The second-order valence-electron chi connectivity index (χ2n) is 13.1. The Morgan fingerprint density at radius 3 is 2.50 bits per heavy atom. The van der Waals surface area contributed by atoms with Crippen molar-refractivity contribution >= 4 is 44.4 Å². The number of piperidine rings is 1. The van der Waals surface area contributed by atoms with Crippen molar-refractivity contribution in [2.24, 2.45) is 23.2 Å². The van der Waals surface area contributed by atoms with Crippen molar-refractivity contribution in [2.75, 3.05) is 6.54 Å². The SMILES string of the molecule is C[C@@H](OC1(C2CC2)CC1)[C@H](NC(=O)C(F)(F)F)C(=O)N1C[C@H]2[C@@H]([C@H]1C(=O)NC(C#N)c1cncc3cccc(Br)c13)C2(C)C. The average molecular weight is 677 g/mol. The molecule has 234 valence electrons. The molecule has 0 radical (unpaired) electrons. The number of aromatic nitrogens is 1. The van der Waals surface area contributed by atoms with Gasteiger partial charge in [0.2, 0.25) is 11.8 Å². The summed E-state index contributed by atoms with van der Waals surface area (Å²) in [4.78, 5) is 45.6. The summed E-state index contributed by atoms with van der Waals surface area (Å²) in [6, 6.07) is 3.76. The van der Waals surface area contributed by atoms with Crippen LogP contribution in [0.5, 0.6) is 0 Å². The number of alkyl halides is 3. The Bertz CT molecular complexity index is 1560. The van der Waals surface area contributed by atoms with Gasteiger partial charge in [0.05, 0.1) is 17.8 Å². The van der Waals surface area contributed by atoms with Crippen molar-refractivity contribution < 1.29 is 32.3 Å². The third-order valence-electron chi connectivity index (χ3n) is 10.0. The molecule has 3 aliphatic carbocycles. The Balaban J connectivity index is 1.28. The molecule has 2 aromatic rings. The number of nitrogens with one attached hydrogen (secondary N) is 2. The van der Waals surface area contributed by atoms with Crippen molar-refractivity contribution in [1.82, 2.24) is 20.5 Å². The molecule has 0 spiro atoms. The van der Waals surface area contributed by atoms with Crippen LogP contribution in [0.4, 0.5) is 13.2 Å². The molecular formula is C31H33BrF3N5O4. The number of carbonyl (C=O) groups is 3. The highest BCUT2D eigenvalue weighted by Crippen LogP contribution is 2.65. The van der Waals surface area contributed by atoms with Gasteiger partial charge in [0.25, 0.3) is 0 Å². The van der Waals surface area contributed by atoms with Gasteiger partial charge < -0.3 is 20.3 Å². The molecule has 1 saturated heterocycles. The molecular weight excluding hydrogens is 643 g/mol. The summed E-state index contributed by atoms with van der Waals surface area (Å²) in [7, 11) is 0. The van der Waals surface area contributed by atoms with Gasteiger partial charge in [-0.05, 0) is 61.8 Å². The molecule has 1 unspecified atom stereocenters. The summed E-state index contributed by atoms with van der Waals surface area (Å²) >= 11 is 3.51. The zero-order valence-corrected chi connectivity index (χ0v) is 26.0. The standard InChI is InChI=1S/C31H33BrF3N5O4/c1-15(44-30(9-10-30)17-7-8-17)24(39-28(43)31(33,34)35)27(42)40-14-19-23(29(19,2)3)25(40)26(41)38-21(11-36)18-13-37-12-16-5-4-6-20(32)22(16)18/h4-6,12-13,15,17,19,21,23-25H,7-10,14H2,1-3H3,(H,38,41)(H,39,43)/t15-,19+,21?,23+,24+,25+/m1/s1. The smallest absolute Gasteiger partial charge is 0.369 e. The van der Waals surface area contributed by atoms with E-state index in [1.165, 1.54) is 18.0 Å². The van der Waals surface area contributed by atoms with Crippen LogP contribution in [-0.4, -0.2) is 64.1 Å². The molecule has 3 saturated carbocycles. The van der Waals surface area contributed by atoms with Gasteiger partial charge in [-0.1, -0.05) is 41.9 Å². The van der Waals surface area contributed by atoms with Gasteiger partial charge in [0.15, 0.2) is 0 Å². The number of fused-ring (bicyclic) bond motifs is 2. The molecule has 3 amide bonds. The lowest BCUT2D eigenvalue weighted by atomic mass is 9.97. The summed E-state index contributed by atoms with van der Waals surface area (Å²) in [5.74, 6) is -3.71. The van der Waals surface area contributed by atoms with Crippen molar-refractivity contribution in [3.8, 4) is 6.07 Å². The Morgan fingerprint density at radius 1 is 1.18 bits per heavy atom. The van der Waals surface area contributed by atoms with Crippen LogP contribution in [0.15, 0.2) is 35.1 Å². The van der Waals surface area contributed by atoms with E-state index in [2.05, 4.69) is 32.3 Å². The first-order chi connectivity index (χ1) is 20.7. The predicted molar refractivity (Wildman–Crippen MR) is 155 cm³/mol. The number of benzene rings is 1. The van der Waals surface area contributed by atoms with E-state index in [4.69, 9.17) is 4.74 Å². The summed E-state index contributed by atoms with van der Waals surface area (Å²) in [6.45, 7) is 5.57. The van der Waals surface area contributed by atoms with Crippen LogP contribution in [-0.2, 0) is 19.1 Å². The zero-order valence-electron chi connectivity index (χ0n) is 24.5. The molecule has 2 N–H and O–H groups in total. The first kappa shape index (κ1) is 30.8. The molecule has 1 aliphatic heterocycles. The molecule has 4 aliphatic rings. The number of halogens is 4. The number of ether oxygens (including phenoxy) is 1. The minimum Gasteiger partial charge on any atom is -0.369 e. The largest absolute Gasteiger partial charge is 0.471 e. The number of hydrogen-bond donors (Lipinski definition) is 2. The lowest BCUT2D eigenvalue weighted by Gasteiger charge is -2.36. The van der Waals surface area contributed by atoms with Gasteiger partial charge in [0, 0.05) is 39.7 Å². The second kappa shape index (κ2) is 10.7. The molecule has 6 atom stereocenters. The maximum absolute atomic E-state index is 14.1. The van der Waals surface area contributed by atoms with E-state index in [0.717, 1.165) is 31.1 Å². The first-order valence-electron chi connectivity index (χ1n) is 14.8. The van der Waals surface area contributed by atoms with E-state index in [1.54, 1.807) is 6.20 Å². The van der Waals surface area contributed by atoms with Gasteiger partial charge in [0.1, 0.15) is 18.1 Å². The Kier molecular flexibility index (Phi) is 7.47. The minimum atomic E-state index is -5.21. The molecule has 1 aromatic heterocycles. The number of hydrogen-bond acceptors (Lipinski definition) is 6. The van der Waals surface area contributed by atoms with Gasteiger partial charge >= 0.3 is 12.1 Å². The van der Waals surface area contributed by atoms with Gasteiger partial charge in [-0.15, -0.1) is 0 Å². The van der Waals surface area contributed by atoms with Crippen molar-refractivity contribution in [3.63, 3.8) is 0 Å². The number of amides is 3. The highest BCUT2D eigenvalue weighted by atomic mass is 79.9. The third kappa shape index (κ3) is 5.34. The Labute approximate surface area is 261 Å². The van der Waals surface area contributed by atoms with Crippen LogP contribution in [0.1, 0.15) is 58.1 Å². The van der Waals surface area contributed by atoms with Crippen molar-refractivity contribution in [2.45, 2.75) is 82.5 Å². The fourth-order valence-corrected chi connectivity index (χ4v) is 7.84. The minimum absolute atomic E-state index is 0.0764. The van der Waals surface area contributed by atoms with E-state index in [1.807, 2.05) is 37.4 Å². The zero-order chi connectivity index (χ0) is 31.8. The fourth-order valence-electron chi connectivity index (χ4n) is 7.23. The number of likely N-dealkylation sites (tertiary alicyclic amines) is 1. The second-order valence-corrected chi connectivity index (χ2v) is 14.0. The van der Waals surface area contributed by atoms with Crippen LogP contribution in [0.3, 0.4) is 0 Å². The van der Waals surface area contributed by atoms with Crippen LogP contribution in [0, 0.1) is 34.5 Å². The highest BCUT2D eigenvalue weighted by Gasteiger charge is 2.70. The van der Waals surface area contributed by atoms with Crippen molar-refractivity contribution in [1.29, 1.82) is 5.26 Å². The van der Waals surface area contributed by atoms with Crippen LogP contribution in [0.25, 0.3) is 10.8 Å². The summed E-state index contributed by atoms with van der Waals surface area (Å²) in [6.07, 6.45) is 0.275. The Hall–Kier alpha value is -3.24. The number of nitriles is 1. The van der Waals surface area contributed by atoms with Gasteiger partial charge in [-0.2, -0.15) is 18.4 Å². The third-order valence-corrected chi connectivity index (χ3v) is 10.7. The molecule has 44 heavy (non-hydrogen) atoms.